The van der Waals surface area contributed by atoms with Crippen molar-refractivity contribution in [3.63, 3.8) is 0 Å². The minimum atomic E-state index is 0.768. The lowest BCUT2D eigenvalue weighted by molar-refractivity contribution is 1.49. The van der Waals surface area contributed by atoms with Crippen molar-refractivity contribution < 1.29 is 0 Å². The molecule has 0 fully saturated rings. The van der Waals surface area contributed by atoms with E-state index >= 15 is 0 Å². The van der Waals surface area contributed by atoms with E-state index in [-0.39, 0.29) is 0 Å². The molecule has 2 rings (SSSR count). The van der Waals surface area contributed by atoms with Crippen LogP contribution in [-0.2, 0) is 0 Å². The molecule has 1 unspecified atom stereocenters. The number of H-pyrrole nitrogens is 1. The molecule has 0 spiro atoms. The highest BCUT2D eigenvalue weighted by molar-refractivity contribution is 7.28. The highest BCUT2D eigenvalue weighted by Gasteiger charge is 1.98. The van der Waals surface area contributed by atoms with Gasteiger partial charge >= 0.3 is 0 Å². The predicted octanol–water partition coefficient (Wildman–Crippen LogP) is 2.32. The molecular weight excluding hydrogens is 177 g/mol. The first-order valence-corrected chi connectivity index (χ1v) is 4.25. The zero-order chi connectivity index (χ0) is 7.84. The van der Waals surface area contributed by atoms with Crippen LogP contribution in [0.25, 0.3) is 10.9 Å². The van der Waals surface area contributed by atoms with Gasteiger partial charge in [0.1, 0.15) is 0 Å². The second-order valence-corrected chi connectivity index (χ2v) is 3.49. The highest BCUT2D eigenvalue weighted by Crippen LogP contribution is 2.17. The average Bonchev–Trinajstić information content (AvgIpc) is 2.32. The normalized spacial score (nSPS) is 10.7. The SMILES string of the molecule is Pc1c[nH]c2cc(Cl)ccc12. The molecule has 0 radical (unpaired) electrons. The minimum absolute atomic E-state index is 0.768. The number of hydrogen-bond donors (Lipinski definition) is 1. The van der Waals surface area contributed by atoms with E-state index in [0.29, 0.717) is 0 Å². The fourth-order valence-corrected chi connectivity index (χ4v) is 1.63. The second kappa shape index (κ2) is 2.51. The summed E-state index contributed by atoms with van der Waals surface area (Å²) in [6, 6.07) is 5.83. The van der Waals surface area contributed by atoms with Gasteiger partial charge in [0.2, 0.25) is 0 Å². The molecule has 1 N–H and O–H groups in total. The summed E-state index contributed by atoms with van der Waals surface area (Å²) < 4.78 is 0. The third-order valence-electron chi connectivity index (χ3n) is 1.68. The fraction of sp³-hybridized carbons (Fsp3) is 0. The van der Waals surface area contributed by atoms with Crippen molar-refractivity contribution in [2.45, 2.75) is 0 Å². The Balaban J connectivity index is 2.86. The summed E-state index contributed by atoms with van der Waals surface area (Å²) in [6.07, 6.45) is 1.95. The van der Waals surface area contributed by atoms with Gasteiger partial charge in [-0.05, 0) is 17.4 Å². The first-order chi connectivity index (χ1) is 5.27. The third-order valence-corrected chi connectivity index (χ3v) is 2.39. The zero-order valence-corrected chi connectivity index (χ0v) is 7.68. The van der Waals surface area contributed by atoms with Crippen molar-refractivity contribution in [1.82, 2.24) is 4.98 Å². The Hall–Kier alpha value is -0.520. The number of rotatable bonds is 0. The Morgan fingerprint density at radius 3 is 3.00 bits per heavy atom. The Morgan fingerprint density at radius 2 is 2.18 bits per heavy atom. The number of halogens is 1. The van der Waals surface area contributed by atoms with Crippen LogP contribution >= 0.6 is 20.8 Å². The van der Waals surface area contributed by atoms with Gasteiger partial charge in [-0.1, -0.05) is 17.7 Å². The summed E-state index contributed by atoms with van der Waals surface area (Å²) >= 11 is 5.80. The summed E-state index contributed by atoms with van der Waals surface area (Å²) in [5.41, 5.74) is 1.09. The van der Waals surface area contributed by atoms with Gasteiger partial charge < -0.3 is 4.98 Å². The van der Waals surface area contributed by atoms with E-state index in [1.54, 1.807) is 0 Å². The van der Waals surface area contributed by atoms with Crippen LogP contribution < -0.4 is 5.30 Å². The summed E-state index contributed by atoms with van der Waals surface area (Å²) in [4.78, 5) is 3.12. The summed E-state index contributed by atoms with van der Waals surface area (Å²) in [7, 11) is 2.67. The number of aromatic amines is 1. The lowest BCUT2D eigenvalue weighted by atomic mass is 10.2. The van der Waals surface area contributed by atoms with E-state index < -0.39 is 0 Å². The molecule has 1 atom stereocenters. The monoisotopic (exact) mass is 183 g/mol. The standard InChI is InChI=1S/C8H7ClNP/c9-5-1-2-6-7(3-5)10-4-8(6)11/h1-4,10H,11H2. The van der Waals surface area contributed by atoms with E-state index in [2.05, 4.69) is 14.2 Å². The van der Waals surface area contributed by atoms with E-state index in [1.807, 2.05) is 24.4 Å². The van der Waals surface area contributed by atoms with Crippen LogP contribution in [0.5, 0.6) is 0 Å². The number of nitrogens with one attached hydrogen (secondary N) is 1. The molecule has 2 aromatic rings. The number of aromatic nitrogens is 1. The zero-order valence-electron chi connectivity index (χ0n) is 5.76. The van der Waals surface area contributed by atoms with Crippen LogP contribution in [-0.4, -0.2) is 4.98 Å². The van der Waals surface area contributed by atoms with Gasteiger partial charge in [-0.3, -0.25) is 0 Å². The summed E-state index contributed by atoms with van der Waals surface area (Å²) in [6.45, 7) is 0. The minimum Gasteiger partial charge on any atom is -0.361 e. The molecule has 0 saturated carbocycles. The van der Waals surface area contributed by atoms with Crippen molar-refractivity contribution in [1.29, 1.82) is 0 Å². The number of fused-ring (bicyclic) bond motifs is 1. The first kappa shape index (κ1) is 7.15. The van der Waals surface area contributed by atoms with Gasteiger partial charge in [-0.2, -0.15) is 0 Å². The van der Waals surface area contributed by atoms with Gasteiger partial charge in [-0.25, -0.2) is 0 Å². The van der Waals surface area contributed by atoms with Gasteiger partial charge in [0.25, 0.3) is 0 Å². The van der Waals surface area contributed by atoms with Gasteiger partial charge in [0.05, 0.1) is 0 Å². The molecule has 1 nitrogen and oxygen atoms in total. The second-order valence-electron chi connectivity index (χ2n) is 2.43. The van der Waals surface area contributed by atoms with Crippen molar-refractivity contribution in [3.05, 3.63) is 29.4 Å². The molecular formula is C8H7ClNP. The molecule has 0 amide bonds. The average molecular weight is 184 g/mol. The maximum absolute atomic E-state index is 5.80. The molecule has 0 aliphatic carbocycles. The van der Waals surface area contributed by atoms with Gasteiger partial charge in [-0.15, -0.1) is 9.24 Å². The molecule has 0 aliphatic heterocycles. The third kappa shape index (κ3) is 1.15. The Bertz CT molecular complexity index is 394. The van der Waals surface area contributed by atoms with Crippen LogP contribution in [0.4, 0.5) is 0 Å². The van der Waals surface area contributed by atoms with Crippen LogP contribution in [0.15, 0.2) is 24.4 Å². The fourth-order valence-electron chi connectivity index (χ4n) is 1.12. The lowest BCUT2D eigenvalue weighted by Crippen LogP contribution is -1.81. The number of benzene rings is 1. The van der Waals surface area contributed by atoms with Crippen LogP contribution in [0, 0.1) is 0 Å². The molecule has 1 aromatic carbocycles. The van der Waals surface area contributed by atoms with E-state index in [1.165, 1.54) is 10.7 Å². The van der Waals surface area contributed by atoms with Crippen molar-refractivity contribution >= 4 is 37.0 Å². The predicted molar refractivity (Wildman–Crippen MR) is 52.7 cm³/mol. The Kier molecular flexibility index (Phi) is 1.63. The largest absolute Gasteiger partial charge is 0.361 e. The summed E-state index contributed by atoms with van der Waals surface area (Å²) in [5, 5.41) is 3.15. The topological polar surface area (TPSA) is 15.8 Å². The molecule has 56 valence electrons. The maximum atomic E-state index is 5.80. The van der Waals surface area contributed by atoms with Crippen LogP contribution in [0.2, 0.25) is 5.02 Å². The highest BCUT2D eigenvalue weighted by atomic mass is 35.5. The molecule has 0 aliphatic rings. The van der Waals surface area contributed by atoms with Crippen molar-refractivity contribution in [2.75, 3.05) is 0 Å². The Morgan fingerprint density at radius 1 is 1.36 bits per heavy atom. The van der Waals surface area contributed by atoms with Crippen molar-refractivity contribution in [3.8, 4) is 0 Å². The molecule has 3 heteroatoms. The molecule has 1 heterocycles. The molecule has 0 bridgehead atoms. The molecule has 0 saturated heterocycles. The number of hydrogen-bond acceptors (Lipinski definition) is 0. The van der Waals surface area contributed by atoms with E-state index in [9.17, 15) is 0 Å². The summed E-state index contributed by atoms with van der Waals surface area (Å²) in [5.74, 6) is 0. The van der Waals surface area contributed by atoms with Crippen LogP contribution in [0.3, 0.4) is 0 Å². The first-order valence-electron chi connectivity index (χ1n) is 3.29. The maximum Gasteiger partial charge on any atom is 0.0475 e. The quantitative estimate of drug-likeness (QED) is 0.604. The lowest BCUT2D eigenvalue weighted by Gasteiger charge is -1.90. The van der Waals surface area contributed by atoms with Gasteiger partial charge in [0.15, 0.2) is 0 Å². The van der Waals surface area contributed by atoms with Crippen molar-refractivity contribution in [2.24, 2.45) is 0 Å². The smallest absolute Gasteiger partial charge is 0.0475 e. The molecule has 1 aromatic heterocycles. The Labute approximate surface area is 72.0 Å². The van der Waals surface area contributed by atoms with Crippen LogP contribution in [0.1, 0.15) is 0 Å². The van der Waals surface area contributed by atoms with Gasteiger partial charge in [0, 0.05) is 22.1 Å². The molecule has 11 heavy (non-hydrogen) atoms. The van der Waals surface area contributed by atoms with E-state index in [0.717, 1.165) is 10.5 Å². The van der Waals surface area contributed by atoms with E-state index in [4.69, 9.17) is 11.6 Å².